The van der Waals surface area contributed by atoms with Crippen LogP contribution in [0.5, 0.6) is 0 Å². The van der Waals surface area contributed by atoms with E-state index in [1.807, 2.05) is 51.7 Å². The number of benzene rings is 1. The topological polar surface area (TPSA) is 94.3 Å². The van der Waals surface area contributed by atoms with Crippen LogP contribution >= 0.6 is 0 Å². The highest BCUT2D eigenvalue weighted by molar-refractivity contribution is 5.79. The maximum absolute atomic E-state index is 13.4. The molecule has 1 N–H and O–H groups in total. The van der Waals surface area contributed by atoms with E-state index >= 15 is 0 Å². The lowest BCUT2D eigenvalue weighted by Crippen LogP contribution is -2.41. The van der Waals surface area contributed by atoms with Crippen LogP contribution in [0.15, 0.2) is 53.6 Å². The van der Waals surface area contributed by atoms with E-state index in [4.69, 9.17) is 4.98 Å². The van der Waals surface area contributed by atoms with Gasteiger partial charge in [0.05, 0.1) is 12.2 Å². The van der Waals surface area contributed by atoms with Crippen LogP contribution in [0.4, 0.5) is 0 Å². The van der Waals surface area contributed by atoms with Crippen molar-refractivity contribution in [2.45, 2.75) is 65.5 Å². The summed E-state index contributed by atoms with van der Waals surface area (Å²) in [6.45, 7) is 7.17. The van der Waals surface area contributed by atoms with Gasteiger partial charge in [0.25, 0.3) is 0 Å². The number of aromatic amines is 1. The van der Waals surface area contributed by atoms with E-state index in [1.165, 1.54) is 0 Å². The first-order valence-electron chi connectivity index (χ1n) is 12.1. The minimum atomic E-state index is 0.0814. The van der Waals surface area contributed by atoms with Gasteiger partial charge in [0.1, 0.15) is 0 Å². The van der Waals surface area contributed by atoms with Gasteiger partial charge >= 0.3 is 5.69 Å². The lowest BCUT2D eigenvalue weighted by atomic mass is 9.67. The molecule has 8 nitrogen and oxygen atoms in total. The highest BCUT2D eigenvalue weighted by atomic mass is 16.1. The fourth-order valence-electron chi connectivity index (χ4n) is 4.92. The van der Waals surface area contributed by atoms with Crippen LogP contribution in [0.25, 0.3) is 22.5 Å². The minimum absolute atomic E-state index is 0.0814. The summed E-state index contributed by atoms with van der Waals surface area (Å²) in [5.41, 5.74) is 5.11. The largest absolute Gasteiger partial charge is 0.328 e. The zero-order valence-corrected chi connectivity index (χ0v) is 20.0. The van der Waals surface area contributed by atoms with Gasteiger partial charge in [0, 0.05) is 35.3 Å². The Labute approximate surface area is 199 Å². The zero-order chi connectivity index (χ0) is 23.7. The molecule has 8 heteroatoms. The smallest absolute Gasteiger partial charge is 0.295 e. The maximum atomic E-state index is 13.4. The van der Waals surface area contributed by atoms with Crippen LogP contribution in [-0.4, -0.2) is 34.7 Å². The van der Waals surface area contributed by atoms with E-state index in [-0.39, 0.29) is 17.1 Å². The van der Waals surface area contributed by atoms with Crippen LogP contribution in [-0.2, 0) is 13.0 Å². The molecule has 0 amide bonds. The first-order chi connectivity index (χ1) is 16.5. The number of nitrogens with zero attached hydrogens (tertiary/aromatic N) is 6. The standard InChI is InChI=1S/C26H31N7O/c1-4-5-8-20-17-33(23-13-14-26(23,2)3)25(34)32(20)16-19-12-11-18(15-27-19)21-9-6-7-10-22(21)24-28-30-31-29-24/h6-7,9-12,15,17,23H,4-5,8,13-14,16H2,1-3H3,(H,28,29,30,31). The number of pyridine rings is 1. The Morgan fingerprint density at radius 1 is 1.15 bits per heavy atom. The van der Waals surface area contributed by atoms with Crippen molar-refractivity contribution >= 4 is 0 Å². The van der Waals surface area contributed by atoms with E-state index in [2.05, 4.69) is 47.6 Å². The first kappa shape index (κ1) is 22.3. The first-order valence-corrected chi connectivity index (χ1v) is 12.1. The second-order valence-electron chi connectivity index (χ2n) is 9.88. The molecule has 1 unspecified atom stereocenters. The third-order valence-corrected chi connectivity index (χ3v) is 7.16. The number of imidazole rings is 1. The van der Waals surface area contributed by atoms with Crippen LogP contribution < -0.4 is 5.69 Å². The fraction of sp³-hybridized carbons (Fsp3) is 0.423. The van der Waals surface area contributed by atoms with Crippen LogP contribution in [0, 0.1) is 5.41 Å². The summed E-state index contributed by atoms with van der Waals surface area (Å²) in [7, 11) is 0. The highest BCUT2D eigenvalue weighted by Gasteiger charge is 2.41. The minimum Gasteiger partial charge on any atom is -0.295 e. The van der Waals surface area contributed by atoms with Gasteiger partial charge < -0.3 is 0 Å². The van der Waals surface area contributed by atoms with Crippen LogP contribution in [0.2, 0.25) is 0 Å². The van der Waals surface area contributed by atoms with Gasteiger partial charge in [-0.25, -0.2) is 9.89 Å². The quantitative estimate of drug-likeness (QED) is 0.416. The Hall–Kier alpha value is -3.55. The summed E-state index contributed by atoms with van der Waals surface area (Å²) in [5, 5.41) is 14.3. The van der Waals surface area contributed by atoms with Gasteiger partial charge in [-0.15, -0.1) is 5.10 Å². The van der Waals surface area contributed by atoms with E-state index in [0.29, 0.717) is 12.4 Å². The van der Waals surface area contributed by atoms with Crippen molar-refractivity contribution in [2.75, 3.05) is 0 Å². The fourth-order valence-corrected chi connectivity index (χ4v) is 4.92. The Balaban J connectivity index is 1.44. The van der Waals surface area contributed by atoms with E-state index in [9.17, 15) is 4.79 Å². The molecule has 3 aromatic heterocycles. The number of aromatic nitrogens is 7. The molecule has 0 saturated heterocycles. The van der Waals surface area contributed by atoms with Crippen molar-refractivity contribution in [3.8, 4) is 22.5 Å². The maximum Gasteiger partial charge on any atom is 0.328 e. The summed E-state index contributed by atoms with van der Waals surface area (Å²) in [4.78, 5) is 18.1. The molecule has 0 bridgehead atoms. The Morgan fingerprint density at radius 2 is 1.97 bits per heavy atom. The predicted octanol–water partition coefficient (Wildman–Crippen LogP) is 4.64. The molecule has 176 valence electrons. The number of tetrazole rings is 1. The molecule has 34 heavy (non-hydrogen) atoms. The third-order valence-electron chi connectivity index (χ3n) is 7.16. The zero-order valence-electron chi connectivity index (χ0n) is 20.0. The van der Waals surface area contributed by atoms with Crippen molar-refractivity contribution in [2.24, 2.45) is 5.41 Å². The molecule has 1 fully saturated rings. The van der Waals surface area contributed by atoms with Gasteiger partial charge in [0.15, 0.2) is 5.82 Å². The van der Waals surface area contributed by atoms with E-state index in [1.54, 1.807) is 0 Å². The van der Waals surface area contributed by atoms with Gasteiger partial charge in [-0.05, 0) is 53.2 Å². The summed E-state index contributed by atoms with van der Waals surface area (Å²) in [5.74, 6) is 0.618. The molecule has 1 atom stereocenters. The lowest BCUT2D eigenvalue weighted by molar-refractivity contribution is 0.0786. The summed E-state index contributed by atoms with van der Waals surface area (Å²) >= 11 is 0. The number of hydrogen-bond donors (Lipinski definition) is 1. The summed E-state index contributed by atoms with van der Waals surface area (Å²) in [6, 6.07) is 12.3. The molecule has 0 aliphatic heterocycles. The molecule has 1 aliphatic carbocycles. The second kappa shape index (κ2) is 9.00. The molecule has 1 saturated carbocycles. The monoisotopic (exact) mass is 457 g/mol. The highest BCUT2D eigenvalue weighted by Crippen LogP contribution is 2.48. The third kappa shape index (κ3) is 4.08. The predicted molar refractivity (Wildman–Crippen MR) is 131 cm³/mol. The molecule has 4 aromatic rings. The molecule has 5 rings (SSSR count). The van der Waals surface area contributed by atoms with E-state index in [0.717, 1.165) is 60.2 Å². The van der Waals surface area contributed by atoms with Crippen molar-refractivity contribution in [3.63, 3.8) is 0 Å². The molecule has 1 aromatic carbocycles. The summed E-state index contributed by atoms with van der Waals surface area (Å²) in [6.07, 6.45) is 9.26. The van der Waals surface area contributed by atoms with E-state index < -0.39 is 0 Å². The number of H-pyrrole nitrogens is 1. The molecule has 0 spiro atoms. The number of unbranched alkanes of at least 4 members (excludes halogenated alkanes) is 1. The summed E-state index contributed by atoms with van der Waals surface area (Å²) < 4.78 is 3.89. The van der Waals surface area contributed by atoms with Crippen molar-refractivity contribution in [3.05, 3.63) is 70.7 Å². The SMILES string of the molecule is CCCCc1cn(C2CCC2(C)C)c(=O)n1Cc1ccc(-c2ccccc2-c2nnn[nH]2)cn1. The number of rotatable bonds is 8. The van der Waals surface area contributed by atoms with Gasteiger partial charge in [-0.2, -0.15) is 0 Å². The molecular weight excluding hydrogens is 426 g/mol. The van der Waals surface area contributed by atoms with Crippen molar-refractivity contribution < 1.29 is 0 Å². The average molecular weight is 458 g/mol. The molecule has 1 aliphatic rings. The van der Waals surface area contributed by atoms with Gasteiger partial charge in [0.2, 0.25) is 0 Å². The normalized spacial score (nSPS) is 17.0. The van der Waals surface area contributed by atoms with Crippen molar-refractivity contribution in [1.29, 1.82) is 0 Å². The molecule has 3 heterocycles. The van der Waals surface area contributed by atoms with Gasteiger partial charge in [-0.3, -0.25) is 14.1 Å². The van der Waals surface area contributed by atoms with Crippen LogP contribution in [0.3, 0.4) is 0 Å². The second-order valence-corrected chi connectivity index (χ2v) is 9.88. The Kier molecular flexibility index (Phi) is 5.89. The number of hydrogen-bond acceptors (Lipinski definition) is 5. The Morgan fingerprint density at radius 3 is 2.59 bits per heavy atom. The Bertz CT molecular complexity index is 1320. The lowest BCUT2D eigenvalue weighted by Gasteiger charge is -2.44. The average Bonchev–Trinajstić information content (AvgIpc) is 3.48. The van der Waals surface area contributed by atoms with Gasteiger partial charge in [-0.1, -0.05) is 57.5 Å². The number of nitrogens with one attached hydrogen (secondary N) is 1. The molecule has 0 radical (unpaired) electrons. The van der Waals surface area contributed by atoms with Crippen molar-refractivity contribution in [1.82, 2.24) is 34.7 Å². The molecular formula is C26H31N7O. The van der Waals surface area contributed by atoms with Crippen LogP contribution in [0.1, 0.15) is 63.9 Å². The number of aryl methyl sites for hydroxylation is 1.